The van der Waals surface area contributed by atoms with Gasteiger partial charge in [-0.2, -0.15) is 4.31 Å². The maximum absolute atomic E-state index is 12.3. The Morgan fingerprint density at radius 3 is 2.44 bits per heavy atom. The highest BCUT2D eigenvalue weighted by Gasteiger charge is 2.42. The van der Waals surface area contributed by atoms with E-state index in [1.54, 1.807) is 14.0 Å². The maximum Gasteiger partial charge on any atom is 0.324 e. The van der Waals surface area contributed by atoms with Crippen molar-refractivity contribution in [2.75, 3.05) is 6.54 Å². The lowest BCUT2D eigenvalue weighted by Crippen LogP contribution is -2.52. The van der Waals surface area contributed by atoms with Gasteiger partial charge in [0, 0.05) is 19.8 Å². The Labute approximate surface area is 106 Å². The number of rotatable bonds is 5. The van der Waals surface area contributed by atoms with E-state index in [0.29, 0.717) is 0 Å². The molecule has 0 aromatic carbocycles. The first-order chi connectivity index (χ1) is 8.14. The van der Waals surface area contributed by atoms with Crippen molar-refractivity contribution in [2.45, 2.75) is 31.3 Å². The van der Waals surface area contributed by atoms with E-state index in [4.69, 9.17) is 5.11 Å². The van der Waals surface area contributed by atoms with Gasteiger partial charge in [0.05, 0.1) is 6.33 Å². The van der Waals surface area contributed by atoms with E-state index >= 15 is 0 Å². The van der Waals surface area contributed by atoms with Gasteiger partial charge < -0.3 is 9.67 Å². The molecule has 8 heteroatoms. The molecule has 18 heavy (non-hydrogen) atoms. The van der Waals surface area contributed by atoms with E-state index in [1.807, 2.05) is 0 Å². The number of aromatic nitrogens is 2. The smallest absolute Gasteiger partial charge is 0.324 e. The molecular formula is C10H17N3O4S. The summed E-state index contributed by atoms with van der Waals surface area (Å²) in [5.74, 6) is -1.20. The molecule has 1 aromatic heterocycles. The number of carboxylic acid groups (broad SMARTS) is 1. The van der Waals surface area contributed by atoms with Gasteiger partial charge in [0.15, 0.2) is 5.03 Å². The summed E-state index contributed by atoms with van der Waals surface area (Å²) in [4.78, 5) is 14.9. The van der Waals surface area contributed by atoms with Crippen LogP contribution in [0.5, 0.6) is 0 Å². The molecule has 0 spiro atoms. The van der Waals surface area contributed by atoms with Gasteiger partial charge in [-0.3, -0.25) is 4.79 Å². The minimum Gasteiger partial charge on any atom is -0.480 e. The van der Waals surface area contributed by atoms with Crippen molar-refractivity contribution in [3.05, 3.63) is 12.5 Å². The minimum atomic E-state index is -3.91. The molecule has 0 aliphatic rings. The fraction of sp³-hybridized carbons (Fsp3) is 0.600. The number of carboxylic acids is 1. The largest absolute Gasteiger partial charge is 0.480 e. The highest BCUT2D eigenvalue weighted by molar-refractivity contribution is 7.89. The van der Waals surface area contributed by atoms with Gasteiger partial charge >= 0.3 is 5.97 Å². The van der Waals surface area contributed by atoms with Crippen LogP contribution in [0.3, 0.4) is 0 Å². The van der Waals surface area contributed by atoms with Crippen LogP contribution in [0.2, 0.25) is 0 Å². The first-order valence-corrected chi connectivity index (χ1v) is 6.82. The molecule has 0 aliphatic carbocycles. The molecular weight excluding hydrogens is 258 g/mol. The van der Waals surface area contributed by atoms with Crippen LogP contribution in [0.4, 0.5) is 0 Å². The normalized spacial score (nSPS) is 12.9. The summed E-state index contributed by atoms with van der Waals surface area (Å²) in [6.45, 7) is 4.34. The Balaban J connectivity index is 3.29. The molecule has 0 unspecified atom stereocenters. The highest BCUT2D eigenvalue weighted by atomic mass is 32.2. The van der Waals surface area contributed by atoms with Crippen LogP contribution in [0, 0.1) is 0 Å². The summed E-state index contributed by atoms with van der Waals surface area (Å²) in [5, 5.41) is 8.97. The second-order valence-electron chi connectivity index (χ2n) is 4.41. The lowest BCUT2D eigenvalue weighted by molar-refractivity contribution is -0.146. The van der Waals surface area contributed by atoms with E-state index < -0.39 is 21.5 Å². The van der Waals surface area contributed by atoms with Gasteiger partial charge in [0.1, 0.15) is 5.54 Å². The molecule has 0 saturated heterocycles. The summed E-state index contributed by atoms with van der Waals surface area (Å²) in [7, 11) is -2.27. The van der Waals surface area contributed by atoms with Crippen LogP contribution in [0.15, 0.2) is 17.6 Å². The Morgan fingerprint density at radius 1 is 1.56 bits per heavy atom. The van der Waals surface area contributed by atoms with E-state index in [0.717, 1.165) is 4.31 Å². The molecule has 0 fully saturated rings. The predicted molar refractivity (Wildman–Crippen MR) is 64.5 cm³/mol. The summed E-state index contributed by atoms with van der Waals surface area (Å²) in [6.07, 6.45) is 2.70. The number of hydrogen-bond donors (Lipinski definition) is 1. The zero-order valence-electron chi connectivity index (χ0n) is 10.8. The Hall–Kier alpha value is -1.41. The number of aliphatic carboxylic acids is 1. The quantitative estimate of drug-likeness (QED) is 0.834. The van der Waals surface area contributed by atoms with Gasteiger partial charge in [-0.25, -0.2) is 13.4 Å². The van der Waals surface area contributed by atoms with E-state index in [1.165, 1.54) is 30.9 Å². The van der Waals surface area contributed by atoms with Crippen molar-refractivity contribution in [3.63, 3.8) is 0 Å². The van der Waals surface area contributed by atoms with Crippen LogP contribution in [-0.2, 0) is 21.9 Å². The molecule has 0 saturated carbocycles. The lowest BCUT2D eigenvalue weighted by atomic mass is 10.1. The number of hydrogen-bond acceptors (Lipinski definition) is 4. The first kappa shape index (κ1) is 14.7. The van der Waals surface area contributed by atoms with Crippen molar-refractivity contribution in [3.8, 4) is 0 Å². The number of likely N-dealkylation sites (N-methyl/N-ethyl adjacent to an activating group) is 1. The third-order valence-corrected chi connectivity index (χ3v) is 4.70. The molecule has 1 rings (SSSR count). The van der Waals surface area contributed by atoms with E-state index in [2.05, 4.69) is 4.98 Å². The molecule has 1 N–H and O–H groups in total. The van der Waals surface area contributed by atoms with Crippen molar-refractivity contribution < 1.29 is 18.3 Å². The van der Waals surface area contributed by atoms with Gasteiger partial charge in [-0.05, 0) is 13.8 Å². The van der Waals surface area contributed by atoms with Crippen LogP contribution < -0.4 is 0 Å². The number of nitrogens with zero attached hydrogens (tertiary/aromatic N) is 3. The molecule has 7 nitrogen and oxygen atoms in total. The van der Waals surface area contributed by atoms with Crippen LogP contribution in [0.25, 0.3) is 0 Å². The summed E-state index contributed by atoms with van der Waals surface area (Å²) in [6, 6.07) is 0. The third kappa shape index (κ3) is 2.39. The van der Waals surface area contributed by atoms with Crippen LogP contribution in [-0.4, -0.2) is 45.4 Å². The SMILES string of the molecule is CCN(C(C)(C)C(=O)O)S(=O)(=O)c1cn(C)cn1. The lowest BCUT2D eigenvalue weighted by Gasteiger charge is -2.32. The Morgan fingerprint density at radius 2 is 2.11 bits per heavy atom. The maximum atomic E-state index is 12.3. The van der Waals surface area contributed by atoms with Crippen molar-refractivity contribution >= 4 is 16.0 Å². The van der Waals surface area contributed by atoms with Gasteiger partial charge in [0.2, 0.25) is 0 Å². The fourth-order valence-electron chi connectivity index (χ4n) is 1.61. The molecule has 1 heterocycles. The molecule has 1 aromatic rings. The van der Waals surface area contributed by atoms with Crippen molar-refractivity contribution in [1.82, 2.24) is 13.9 Å². The molecule has 0 aliphatic heterocycles. The second kappa shape index (κ2) is 4.69. The summed E-state index contributed by atoms with van der Waals surface area (Å²) < 4.78 is 27.0. The van der Waals surface area contributed by atoms with Crippen LogP contribution in [0.1, 0.15) is 20.8 Å². The van der Waals surface area contributed by atoms with Crippen molar-refractivity contribution in [2.24, 2.45) is 7.05 Å². The van der Waals surface area contributed by atoms with E-state index in [9.17, 15) is 13.2 Å². The second-order valence-corrected chi connectivity index (χ2v) is 6.22. The topological polar surface area (TPSA) is 92.5 Å². The Bertz CT molecular complexity index is 547. The zero-order valence-corrected chi connectivity index (χ0v) is 11.6. The zero-order chi connectivity index (χ0) is 14.1. The average Bonchev–Trinajstić information content (AvgIpc) is 2.65. The number of carbonyl (C=O) groups is 1. The summed E-state index contributed by atoms with van der Waals surface area (Å²) in [5.41, 5.74) is -1.52. The van der Waals surface area contributed by atoms with Gasteiger partial charge in [0.25, 0.3) is 10.0 Å². The third-order valence-electron chi connectivity index (χ3n) is 2.67. The van der Waals surface area contributed by atoms with Gasteiger partial charge in [-0.15, -0.1) is 0 Å². The minimum absolute atomic E-state index is 0.0538. The summed E-state index contributed by atoms with van der Waals surface area (Å²) >= 11 is 0. The molecule has 102 valence electrons. The molecule has 0 atom stereocenters. The number of sulfonamides is 1. The molecule has 0 amide bonds. The predicted octanol–water partition coefficient (Wildman–Crippen LogP) is 0.294. The van der Waals surface area contributed by atoms with Crippen molar-refractivity contribution in [1.29, 1.82) is 0 Å². The monoisotopic (exact) mass is 275 g/mol. The number of aryl methyl sites for hydroxylation is 1. The number of imidazole rings is 1. The highest BCUT2D eigenvalue weighted by Crippen LogP contribution is 2.23. The van der Waals surface area contributed by atoms with Gasteiger partial charge in [-0.1, -0.05) is 6.92 Å². The molecule has 0 bridgehead atoms. The average molecular weight is 275 g/mol. The molecule has 0 radical (unpaired) electrons. The standard InChI is InChI=1S/C10H17N3O4S/c1-5-13(10(2,3)9(14)15)18(16,17)8-6-12(4)7-11-8/h6-7H,5H2,1-4H3,(H,14,15). The fourth-order valence-corrected chi connectivity index (χ4v) is 3.33. The van der Waals surface area contributed by atoms with Crippen LogP contribution >= 0.6 is 0 Å². The van der Waals surface area contributed by atoms with E-state index in [-0.39, 0.29) is 11.6 Å². The first-order valence-electron chi connectivity index (χ1n) is 5.38. The Kier molecular flexibility index (Phi) is 3.82.